The van der Waals surface area contributed by atoms with E-state index >= 15 is 0 Å². The topological polar surface area (TPSA) is 36.0 Å². The predicted molar refractivity (Wildman–Crippen MR) is 51.2 cm³/mol. The van der Waals surface area contributed by atoms with Crippen LogP contribution in [0.3, 0.4) is 0 Å². The number of nitrogens with one attached hydrogen (secondary N) is 1. The van der Waals surface area contributed by atoms with Crippen molar-refractivity contribution in [2.24, 2.45) is 0 Å². The normalized spacial score (nSPS) is 9.25. The Balaban J connectivity index is 0.000000336. The van der Waals surface area contributed by atoms with Crippen LogP contribution in [-0.2, 0) is 0 Å². The first-order valence-corrected chi connectivity index (χ1v) is 3.85. The molecule has 2 N–H and O–H groups in total. The summed E-state index contributed by atoms with van der Waals surface area (Å²) in [4.78, 5) is 3.19. The lowest BCUT2D eigenvalue weighted by atomic mass is 10.2. The first-order valence-electron chi connectivity index (χ1n) is 3.85. The minimum Gasteiger partial charge on any atom is -0.400 e. The molecular weight excluding hydrogens is 150 g/mol. The number of aryl methyl sites for hydroxylation is 1. The maximum Gasteiger partial charge on any atom is 0.0456 e. The van der Waals surface area contributed by atoms with E-state index in [0.717, 1.165) is 7.11 Å². The monoisotopic (exact) mass is 163 g/mol. The third-order valence-electron chi connectivity index (χ3n) is 1.80. The number of para-hydroxylation sites is 1. The van der Waals surface area contributed by atoms with Crippen molar-refractivity contribution in [2.75, 3.05) is 7.11 Å². The molecule has 0 radical (unpaired) electrons. The molecule has 0 bridgehead atoms. The van der Waals surface area contributed by atoms with Gasteiger partial charge < -0.3 is 10.1 Å². The molecule has 0 saturated carbocycles. The van der Waals surface area contributed by atoms with Gasteiger partial charge in [-0.2, -0.15) is 0 Å². The smallest absolute Gasteiger partial charge is 0.0456 e. The van der Waals surface area contributed by atoms with Gasteiger partial charge in [0.2, 0.25) is 0 Å². The number of rotatable bonds is 0. The molecule has 0 amide bonds. The second-order valence-electron chi connectivity index (χ2n) is 2.52. The van der Waals surface area contributed by atoms with Crippen LogP contribution in [0.2, 0.25) is 0 Å². The number of aliphatic hydroxyl groups excluding tert-OH is 1. The van der Waals surface area contributed by atoms with Crippen LogP contribution in [0.5, 0.6) is 0 Å². The molecule has 64 valence electrons. The molecule has 2 nitrogen and oxygen atoms in total. The van der Waals surface area contributed by atoms with Crippen molar-refractivity contribution >= 4 is 10.9 Å². The van der Waals surface area contributed by atoms with Gasteiger partial charge in [-0.25, -0.2) is 0 Å². The number of aromatic amines is 1. The average Bonchev–Trinajstić information content (AvgIpc) is 2.53. The Morgan fingerprint density at radius 2 is 1.83 bits per heavy atom. The first-order chi connectivity index (χ1) is 5.88. The summed E-state index contributed by atoms with van der Waals surface area (Å²) in [5.41, 5.74) is 2.54. The zero-order valence-corrected chi connectivity index (χ0v) is 7.33. The molecule has 0 aliphatic rings. The molecule has 0 aliphatic heterocycles. The van der Waals surface area contributed by atoms with Crippen LogP contribution in [-0.4, -0.2) is 17.2 Å². The number of aliphatic hydroxyl groups is 1. The molecule has 0 atom stereocenters. The minimum absolute atomic E-state index is 1.00. The van der Waals surface area contributed by atoms with Crippen molar-refractivity contribution in [3.05, 3.63) is 36.0 Å². The van der Waals surface area contributed by atoms with Gasteiger partial charge in [-0.15, -0.1) is 0 Å². The van der Waals surface area contributed by atoms with Crippen molar-refractivity contribution < 1.29 is 5.11 Å². The van der Waals surface area contributed by atoms with Gasteiger partial charge in [0, 0.05) is 24.2 Å². The van der Waals surface area contributed by atoms with Gasteiger partial charge >= 0.3 is 0 Å². The van der Waals surface area contributed by atoms with Gasteiger partial charge in [0.05, 0.1) is 0 Å². The summed E-state index contributed by atoms with van der Waals surface area (Å²) in [6.45, 7) is 2.11. The maximum atomic E-state index is 7.00. The van der Waals surface area contributed by atoms with Crippen LogP contribution in [0.15, 0.2) is 30.5 Å². The summed E-state index contributed by atoms with van der Waals surface area (Å²) in [5, 5.41) is 8.32. The van der Waals surface area contributed by atoms with E-state index in [4.69, 9.17) is 5.11 Å². The minimum atomic E-state index is 1.00. The number of aromatic nitrogens is 1. The maximum absolute atomic E-state index is 7.00. The molecule has 0 spiro atoms. The van der Waals surface area contributed by atoms with Gasteiger partial charge in [0.1, 0.15) is 0 Å². The van der Waals surface area contributed by atoms with E-state index in [1.807, 2.05) is 12.3 Å². The highest BCUT2D eigenvalue weighted by Crippen LogP contribution is 2.15. The zero-order chi connectivity index (χ0) is 8.97. The summed E-state index contributed by atoms with van der Waals surface area (Å²) in [7, 11) is 1.00. The summed E-state index contributed by atoms with van der Waals surface area (Å²) in [5.74, 6) is 0. The van der Waals surface area contributed by atoms with Crippen LogP contribution in [0, 0.1) is 6.92 Å². The van der Waals surface area contributed by atoms with Crippen LogP contribution in [0.25, 0.3) is 10.9 Å². The first kappa shape index (κ1) is 8.81. The van der Waals surface area contributed by atoms with Gasteiger partial charge in [-0.3, -0.25) is 0 Å². The van der Waals surface area contributed by atoms with Crippen molar-refractivity contribution in [3.8, 4) is 0 Å². The number of H-pyrrole nitrogens is 1. The van der Waals surface area contributed by atoms with E-state index in [0.29, 0.717) is 0 Å². The Hall–Kier alpha value is -1.28. The summed E-state index contributed by atoms with van der Waals surface area (Å²) in [6, 6.07) is 8.31. The highest BCUT2D eigenvalue weighted by molar-refractivity contribution is 5.82. The van der Waals surface area contributed by atoms with Gasteiger partial charge in [0.25, 0.3) is 0 Å². The number of fused-ring (bicyclic) bond motifs is 1. The van der Waals surface area contributed by atoms with Crippen LogP contribution in [0.1, 0.15) is 5.56 Å². The SMILES string of the molecule is CO.Cc1c[nH]c2ccccc12. The van der Waals surface area contributed by atoms with E-state index in [-0.39, 0.29) is 0 Å². The van der Waals surface area contributed by atoms with Crippen LogP contribution >= 0.6 is 0 Å². The fourth-order valence-corrected chi connectivity index (χ4v) is 1.22. The van der Waals surface area contributed by atoms with Crippen LogP contribution < -0.4 is 0 Å². The Bertz CT molecular complexity index is 351. The summed E-state index contributed by atoms with van der Waals surface area (Å²) in [6.07, 6.45) is 2.03. The van der Waals surface area contributed by atoms with Crippen molar-refractivity contribution in [1.29, 1.82) is 0 Å². The quantitative estimate of drug-likeness (QED) is 0.613. The second-order valence-corrected chi connectivity index (χ2v) is 2.52. The molecule has 0 aliphatic carbocycles. The van der Waals surface area contributed by atoms with Crippen molar-refractivity contribution in [3.63, 3.8) is 0 Å². The molecule has 12 heavy (non-hydrogen) atoms. The Morgan fingerprint density at radius 1 is 1.17 bits per heavy atom. The Kier molecular flexibility index (Phi) is 2.88. The fourth-order valence-electron chi connectivity index (χ4n) is 1.22. The highest BCUT2D eigenvalue weighted by atomic mass is 16.2. The molecule has 1 aromatic carbocycles. The third-order valence-corrected chi connectivity index (χ3v) is 1.80. The molecule has 2 heteroatoms. The fraction of sp³-hybridized carbons (Fsp3) is 0.200. The highest BCUT2D eigenvalue weighted by Gasteiger charge is 1.94. The Labute approximate surface area is 71.9 Å². The van der Waals surface area contributed by atoms with E-state index in [2.05, 4.69) is 30.1 Å². The lowest BCUT2D eigenvalue weighted by Crippen LogP contribution is -1.64. The number of hydrogen-bond donors (Lipinski definition) is 2. The predicted octanol–water partition coefficient (Wildman–Crippen LogP) is 2.08. The molecule has 2 aromatic rings. The number of hydrogen-bond acceptors (Lipinski definition) is 1. The van der Waals surface area contributed by atoms with Crippen molar-refractivity contribution in [1.82, 2.24) is 4.98 Å². The summed E-state index contributed by atoms with van der Waals surface area (Å²) >= 11 is 0. The van der Waals surface area contributed by atoms with Gasteiger partial charge in [0.15, 0.2) is 0 Å². The van der Waals surface area contributed by atoms with Crippen LogP contribution in [0.4, 0.5) is 0 Å². The molecular formula is C10H13NO. The molecule has 2 rings (SSSR count). The third kappa shape index (κ3) is 1.48. The second kappa shape index (κ2) is 3.93. The molecule has 0 saturated heterocycles. The molecule has 1 heterocycles. The Morgan fingerprint density at radius 3 is 2.50 bits per heavy atom. The van der Waals surface area contributed by atoms with Gasteiger partial charge in [-0.05, 0) is 18.6 Å². The molecule has 0 fully saturated rings. The molecule has 1 aromatic heterocycles. The van der Waals surface area contributed by atoms with E-state index in [1.54, 1.807) is 0 Å². The zero-order valence-electron chi connectivity index (χ0n) is 7.33. The largest absolute Gasteiger partial charge is 0.400 e. The molecule has 0 unspecified atom stereocenters. The standard InChI is InChI=1S/C9H9N.CH4O/c1-7-6-10-9-5-3-2-4-8(7)9;1-2/h2-6,10H,1H3;2H,1H3. The van der Waals surface area contributed by atoms with E-state index < -0.39 is 0 Å². The number of benzene rings is 1. The lowest BCUT2D eigenvalue weighted by Gasteiger charge is -1.86. The average molecular weight is 163 g/mol. The van der Waals surface area contributed by atoms with Crippen molar-refractivity contribution in [2.45, 2.75) is 6.92 Å². The van der Waals surface area contributed by atoms with E-state index in [9.17, 15) is 0 Å². The van der Waals surface area contributed by atoms with Gasteiger partial charge in [-0.1, -0.05) is 18.2 Å². The van der Waals surface area contributed by atoms with E-state index in [1.165, 1.54) is 16.5 Å². The summed E-state index contributed by atoms with van der Waals surface area (Å²) < 4.78 is 0. The lowest BCUT2D eigenvalue weighted by molar-refractivity contribution is 0.399.